The van der Waals surface area contributed by atoms with Crippen molar-refractivity contribution in [3.63, 3.8) is 0 Å². The smallest absolute Gasteiger partial charge is 0.247 e. The molecule has 150 valence electrons. The van der Waals surface area contributed by atoms with E-state index in [1.807, 2.05) is 30.3 Å². The van der Waals surface area contributed by atoms with Crippen molar-refractivity contribution in [2.75, 3.05) is 0 Å². The standard InChI is InChI=1S/C23H24FN3O2/c24-19-13-11-17(12-14-19)21(25-20(28)15-16-7-3-1-4-8-16)23-27-26-22(29-23)18-9-5-2-6-10-18/h2,5-6,9-14,16,21H,1,3-4,7-8,15H2,(H,25,28). The minimum Gasteiger partial charge on any atom is -0.418 e. The van der Waals surface area contributed by atoms with Crippen molar-refractivity contribution in [3.8, 4) is 11.5 Å². The number of rotatable bonds is 6. The van der Waals surface area contributed by atoms with Gasteiger partial charge < -0.3 is 9.73 Å². The summed E-state index contributed by atoms with van der Waals surface area (Å²) in [5.41, 5.74) is 1.50. The van der Waals surface area contributed by atoms with Crippen LogP contribution in [-0.4, -0.2) is 16.1 Å². The predicted molar refractivity (Wildman–Crippen MR) is 107 cm³/mol. The average molecular weight is 393 g/mol. The second kappa shape index (κ2) is 8.99. The molecule has 0 saturated heterocycles. The molecular formula is C23H24FN3O2. The quantitative estimate of drug-likeness (QED) is 0.636. The monoisotopic (exact) mass is 393 g/mol. The first-order valence-electron chi connectivity index (χ1n) is 10.1. The number of benzene rings is 2. The number of amides is 1. The number of hydrogen-bond donors (Lipinski definition) is 1. The van der Waals surface area contributed by atoms with Gasteiger partial charge in [0.15, 0.2) is 0 Å². The molecule has 1 aliphatic carbocycles. The number of aromatic nitrogens is 2. The largest absolute Gasteiger partial charge is 0.418 e. The molecule has 0 aliphatic heterocycles. The van der Waals surface area contributed by atoms with E-state index in [1.165, 1.54) is 31.4 Å². The predicted octanol–water partition coefficient (Wildman–Crippen LogP) is 5.05. The van der Waals surface area contributed by atoms with E-state index < -0.39 is 6.04 Å². The molecule has 1 saturated carbocycles. The van der Waals surface area contributed by atoms with Gasteiger partial charge in [-0.25, -0.2) is 4.39 Å². The fourth-order valence-corrected chi connectivity index (χ4v) is 3.86. The summed E-state index contributed by atoms with van der Waals surface area (Å²) in [6, 6.07) is 14.8. The summed E-state index contributed by atoms with van der Waals surface area (Å²) in [4.78, 5) is 12.7. The van der Waals surface area contributed by atoms with Gasteiger partial charge in [0.25, 0.3) is 0 Å². The molecule has 2 aromatic carbocycles. The highest BCUT2D eigenvalue weighted by Crippen LogP contribution is 2.28. The zero-order valence-corrected chi connectivity index (χ0v) is 16.2. The molecule has 1 N–H and O–H groups in total. The topological polar surface area (TPSA) is 68.0 Å². The summed E-state index contributed by atoms with van der Waals surface area (Å²) in [6.45, 7) is 0. The zero-order valence-electron chi connectivity index (χ0n) is 16.2. The number of carbonyl (C=O) groups is 1. The SMILES string of the molecule is O=C(CC1CCCCC1)NC(c1ccc(F)cc1)c1nnc(-c2ccccc2)o1. The van der Waals surface area contributed by atoms with E-state index in [0.29, 0.717) is 23.8 Å². The maximum absolute atomic E-state index is 13.4. The lowest BCUT2D eigenvalue weighted by atomic mass is 9.87. The molecule has 1 atom stereocenters. The summed E-state index contributed by atoms with van der Waals surface area (Å²) in [6.07, 6.45) is 6.28. The van der Waals surface area contributed by atoms with Gasteiger partial charge in [-0.1, -0.05) is 49.6 Å². The number of carbonyl (C=O) groups excluding carboxylic acids is 1. The third-order valence-corrected chi connectivity index (χ3v) is 5.42. The number of halogens is 1. The van der Waals surface area contributed by atoms with Crippen LogP contribution < -0.4 is 5.32 Å². The minimum atomic E-state index is -0.614. The highest BCUT2D eigenvalue weighted by molar-refractivity contribution is 5.77. The Morgan fingerprint density at radius 3 is 2.48 bits per heavy atom. The fourth-order valence-electron chi connectivity index (χ4n) is 3.86. The van der Waals surface area contributed by atoms with Gasteiger partial charge in [-0.3, -0.25) is 4.79 Å². The van der Waals surface area contributed by atoms with Gasteiger partial charge in [0.1, 0.15) is 11.9 Å². The van der Waals surface area contributed by atoms with Gasteiger partial charge >= 0.3 is 0 Å². The third kappa shape index (κ3) is 4.88. The Bertz CT molecular complexity index is 934. The average Bonchev–Trinajstić information content (AvgIpc) is 3.24. The molecule has 0 bridgehead atoms. The molecule has 1 heterocycles. The summed E-state index contributed by atoms with van der Waals surface area (Å²) < 4.78 is 19.3. The van der Waals surface area contributed by atoms with Gasteiger partial charge in [0.05, 0.1) is 0 Å². The lowest BCUT2D eigenvalue weighted by Crippen LogP contribution is -2.31. The van der Waals surface area contributed by atoms with Crippen LogP contribution in [0.25, 0.3) is 11.5 Å². The molecular weight excluding hydrogens is 369 g/mol. The van der Waals surface area contributed by atoms with Crippen LogP contribution in [0.1, 0.15) is 56.0 Å². The van der Waals surface area contributed by atoms with E-state index >= 15 is 0 Å². The van der Waals surface area contributed by atoms with E-state index in [9.17, 15) is 9.18 Å². The number of nitrogens with one attached hydrogen (secondary N) is 1. The van der Waals surface area contributed by atoms with Crippen molar-refractivity contribution in [1.29, 1.82) is 0 Å². The molecule has 6 heteroatoms. The van der Waals surface area contributed by atoms with Crippen LogP contribution in [0.3, 0.4) is 0 Å². The van der Waals surface area contributed by atoms with Crippen LogP contribution in [0.4, 0.5) is 4.39 Å². The normalized spacial score (nSPS) is 15.8. The molecule has 1 aliphatic rings. The third-order valence-electron chi connectivity index (χ3n) is 5.42. The first-order valence-corrected chi connectivity index (χ1v) is 10.1. The lowest BCUT2D eigenvalue weighted by Gasteiger charge is -2.22. The molecule has 1 fully saturated rings. The Hall–Kier alpha value is -3.02. The molecule has 29 heavy (non-hydrogen) atoms. The van der Waals surface area contributed by atoms with Gasteiger partial charge in [-0.15, -0.1) is 10.2 Å². The van der Waals surface area contributed by atoms with Crippen LogP contribution >= 0.6 is 0 Å². The van der Waals surface area contributed by atoms with E-state index in [4.69, 9.17) is 4.42 Å². The van der Waals surface area contributed by atoms with E-state index in [2.05, 4.69) is 15.5 Å². The van der Waals surface area contributed by atoms with Gasteiger partial charge in [-0.05, 0) is 48.6 Å². The second-order valence-electron chi connectivity index (χ2n) is 7.57. The zero-order chi connectivity index (χ0) is 20.1. The Kier molecular flexibility index (Phi) is 5.98. The van der Waals surface area contributed by atoms with Crippen molar-refractivity contribution in [3.05, 3.63) is 71.9 Å². The molecule has 0 spiro atoms. The van der Waals surface area contributed by atoms with Crippen LogP contribution in [-0.2, 0) is 4.79 Å². The van der Waals surface area contributed by atoms with Crippen molar-refractivity contribution in [2.45, 2.75) is 44.6 Å². The van der Waals surface area contributed by atoms with Crippen LogP contribution in [0.5, 0.6) is 0 Å². The Morgan fingerprint density at radius 1 is 1.03 bits per heavy atom. The maximum Gasteiger partial charge on any atom is 0.247 e. The number of hydrogen-bond acceptors (Lipinski definition) is 4. The summed E-state index contributed by atoms with van der Waals surface area (Å²) in [7, 11) is 0. The minimum absolute atomic E-state index is 0.0503. The first-order chi connectivity index (χ1) is 14.2. The molecule has 4 rings (SSSR count). The maximum atomic E-state index is 13.4. The summed E-state index contributed by atoms with van der Waals surface area (Å²) in [5, 5.41) is 11.3. The Morgan fingerprint density at radius 2 is 1.76 bits per heavy atom. The van der Waals surface area contributed by atoms with E-state index in [-0.39, 0.29) is 17.6 Å². The molecule has 3 aromatic rings. The van der Waals surface area contributed by atoms with Crippen LogP contribution in [0.15, 0.2) is 59.0 Å². The van der Waals surface area contributed by atoms with Crippen LogP contribution in [0, 0.1) is 11.7 Å². The van der Waals surface area contributed by atoms with Crippen molar-refractivity contribution in [2.24, 2.45) is 5.92 Å². The molecule has 1 aromatic heterocycles. The van der Waals surface area contributed by atoms with Gasteiger partial charge in [0.2, 0.25) is 17.7 Å². The molecule has 1 amide bonds. The second-order valence-corrected chi connectivity index (χ2v) is 7.57. The lowest BCUT2D eigenvalue weighted by molar-refractivity contribution is -0.122. The van der Waals surface area contributed by atoms with Crippen molar-refractivity contribution < 1.29 is 13.6 Å². The molecule has 0 radical (unpaired) electrons. The Balaban J connectivity index is 1.56. The highest BCUT2D eigenvalue weighted by atomic mass is 19.1. The summed E-state index contributed by atoms with van der Waals surface area (Å²) >= 11 is 0. The Labute approximate surface area is 169 Å². The number of nitrogens with zero attached hydrogens (tertiary/aromatic N) is 2. The van der Waals surface area contributed by atoms with Crippen molar-refractivity contribution in [1.82, 2.24) is 15.5 Å². The first kappa shape index (κ1) is 19.3. The van der Waals surface area contributed by atoms with Gasteiger partial charge in [-0.2, -0.15) is 0 Å². The van der Waals surface area contributed by atoms with Crippen LogP contribution in [0.2, 0.25) is 0 Å². The van der Waals surface area contributed by atoms with E-state index in [1.54, 1.807) is 12.1 Å². The summed E-state index contributed by atoms with van der Waals surface area (Å²) in [5.74, 6) is 0.698. The molecule has 5 nitrogen and oxygen atoms in total. The highest BCUT2D eigenvalue weighted by Gasteiger charge is 2.25. The van der Waals surface area contributed by atoms with Gasteiger partial charge in [0, 0.05) is 12.0 Å². The molecule has 1 unspecified atom stereocenters. The fraction of sp³-hybridized carbons (Fsp3) is 0.348. The van der Waals surface area contributed by atoms with E-state index in [0.717, 1.165) is 18.4 Å². The van der Waals surface area contributed by atoms with Crippen molar-refractivity contribution >= 4 is 5.91 Å².